The van der Waals surface area contributed by atoms with Crippen LogP contribution in [0, 0.1) is 0 Å². The maximum atomic E-state index is 12.4. The summed E-state index contributed by atoms with van der Waals surface area (Å²) in [5.74, 6) is 3.18. The number of rotatable bonds is 6. The summed E-state index contributed by atoms with van der Waals surface area (Å²) in [5, 5.41) is 5.42. The zero-order valence-corrected chi connectivity index (χ0v) is 22.5. The maximum absolute atomic E-state index is 12.4. The van der Waals surface area contributed by atoms with Gasteiger partial charge in [0.15, 0.2) is 11.6 Å². The zero-order chi connectivity index (χ0) is 27.9. The molecule has 6 rings (SSSR count). The number of ether oxygens (including phenoxy) is 1. The monoisotopic (exact) mass is 562 g/mol. The first-order valence-corrected chi connectivity index (χ1v) is 14.2. The van der Waals surface area contributed by atoms with Crippen molar-refractivity contribution in [2.24, 2.45) is 4.36 Å². The van der Waals surface area contributed by atoms with Crippen molar-refractivity contribution in [1.82, 2.24) is 19.7 Å². The molecule has 0 radical (unpaired) electrons. The van der Waals surface area contributed by atoms with Gasteiger partial charge in [0.1, 0.15) is 12.1 Å². The molecule has 1 aliphatic heterocycles. The van der Waals surface area contributed by atoms with Gasteiger partial charge in [-0.25, -0.2) is 19.0 Å². The molecule has 1 fully saturated rings. The van der Waals surface area contributed by atoms with E-state index >= 15 is 0 Å². The van der Waals surface area contributed by atoms with Gasteiger partial charge in [-0.1, -0.05) is 42.7 Å². The molecule has 3 heterocycles. The van der Waals surface area contributed by atoms with E-state index in [4.69, 9.17) is 9.35 Å². The van der Waals surface area contributed by atoms with Crippen molar-refractivity contribution < 1.29 is 17.9 Å². The van der Waals surface area contributed by atoms with E-state index in [1.807, 2.05) is 30.3 Å². The second kappa shape index (κ2) is 10.4. The molecule has 0 N–H and O–H groups in total. The topological polar surface area (TPSA) is 68.4 Å². The normalized spacial score (nSPS) is 14.0. The number of hydrogen-bond donors (Lipinski definition) is 0. The minimum atomic E-state index is -4.74. The minimum absolute atomic E-state index is 0.0966. The second-order valence-electron chi connectivity index (χ2n) is 9.70. The molecule has 11 heteroatoms. The van der Waals surface area contributed by atoms with Crippen molar-refractivity contribution >= 4 is 33.1 Å². The number of hydrogen-bond acceptors (Lipinski definition) is 6. The van der Waals surface area contributed by atoms with E-state index < -0.39 is 6.36 Å². The van der Waals surface area contributed by atoms with Crippen molar-refractivity contribution in [2.45, 2.75) is 26.1 Å². The Balaban J connectivity index is 1.15. The number of anilines is 1. The lowest BCUT2D eigenvalue weighted by molar-refractivity contribution is -0.274. The average molecular weight is 563 g/mol. The highest BCUT2D eigenvalue weighted by Gasteiger charge is 2.31. The first-order chi connectivity index (χ1) is 19.2. The Morgan fingerprint density at radius 1 is 0.950 bits per heavy atom. The van der Waals surface area contributed by atoms with Gasteiger partial charge in [0.2, 0.25) is 0 Å². The summed E-state index contributed by atoms with van der Waals surface area (Å²) in [7, 11) is -0.0966. The van der Waals surface area contributed by atoms with Gasteiger partial charge in [0.05, 0.1) is 23.0 Å². The first kappa shape index (κ1) is 26.0. The molecule has 0 amide bonds. The third kappa shape index (κ3) is 5.55. The summed E-state index contributed by atoms with van der Waals surface area (Å²) in [5.41, 5.74) is 4.84. The molecule has 0 spiro atoms. The van der Waals surface area contributed by atoms with Crippen molar-refractivity contribution in [3.05, 3.63) is 90.8 Å². The Bertz CT molecular complexity index is 1710. The Kier molecular flexibility index (Phi) is 6.75. The number of alkyl halides is 3. The number of fused-ring (bicyclic) bond motifs is 1. The summed E-state index contributed by atoms with van der Waals surface area (Å²) in [6, 6.07) is 23.7. The fourth-order valence-corrected chi connectivity index (χ4v) is 5.94. The molecule has 5 aromatic rings. The van der Waals surface area contributed by atoms with Crippen molar-refractivity contribution in [3.8, 4) is 22.8 Å². The number of nitrogens with zero attached hydrogens (tertiary/aromatic N) is 6. The van der Waals surface area contributed by atoms with E-state index in [1.165, 1.54) is 46.5 Å². The maximum Gasteiger partial charge on any atom is 0.573 e. The predicted molar refractivity (Wildman–Crippen MR) is 151 cm³/mol. The second-order valence-corrected chi connectivity index (χ2v) is 11.3. The summed E-state index contributed by atoms with van der Waals surface area (Å²) in [6.45, 7) is 4.43. The smallest absolute Gasteiger partial charge is 0.406 e. The third-order valence-corrected chi connectivity index (χ3v) is 8.16. The van der Waals surface area contributed by atoms with Crippen molar-refractivity contribution in [3.63, 3.8) is 0 Å². The van der Waals surface area contributed by atoms with Crippen LogP contribution >= 0.6 is 0 Å². The van der Waals surface area contributed by atoms with Gasteiger partial charge < -0.3 is 9.64 Å². The molecule has 2 aromatic heterocycles. The highest BCUT2D eigenvalue weighted by atomic mass is 32.2. The quantitative estimate of drug-likeness (QED) is 0.216. The standard InChI is InChI=1S/C29H25F3N6OS/c1-19(2)24-5-3-4-6-26(24)37-17-40(18-37)36-27-14-8-20-15-21(7-13-25(20)34-27)28-33-16-38(35-28)22-9-11-23(12-10-22)39-29(30,31)32/h3-16,19H,17-18H2,1-2H3. The first-order valence-electron chi connectivity index (χ1n) is 12.6. The lowest BCUT2D eigenvalue weighted by atomic mass is 10.0. The van der Waals surface area contributed by atoms with E-state index in [0.29, 0.717) is 17.4 Å². The molecule has 0 atom stereocenters. The number of benzene rings is 3. The summed E-state index contributed by atoms with van der Waals surface area (Å²) >= 11 is 0. The molecule has 0 saturated carbocycles. The zero-order valence-electron chi connectivity index (χ0n) is 21.7. The van der Waals surface area contributed by atoms with Crippen LogP contribution in [0.15, 0.2) is 89.6 Å². The molecule has 1 aliphatic rings. The van der Waals surface area contributed by atoms with Crippen LogP contribution in [0.25, 0.3) is 28.0 Å². The van der Waals surface area contributed by atoms with Crippen LogP contribution in [-0.2, 0) is 10.7 Å². The molecule has 1 saturated heterocycles. The molecule has 40 heavy (non-hydrogen) atoms. The molecule has 0 bridgehead atoms. The summed E-state index contributed by atoms with van der Waals surface area (Å²) in [4.78, 5) is 11.5. The fraction of sp³-hybridized carbons (Fsp3) is 0.207. The number of halogens is 3. The molecule has 0 unspecified atom stereocenters. The number of pyridine rings is 1. The molecule has 0 aliphatic carbocycles. The van der Waals surface area contributed by atoms with Gasteiger partial charge >= 0.3 is 6.36 Å². The van der Waals surface area contributed by atoms with Gasteiger partial charge in [-0.3, -0.25) is 0 Å². The van der Waals surface area contributed by atoms with Crippen LogP contribution in [0.5, 0.6) is 5.75 Å². The fourth-order valence-electron chi connectivity index (χ4n) is 4.54. The minimum Gasteiger partial charge on any atom is -0.406 e. The predicted octanol–water partition coefficient (Wildman–Crippen LogP) is 7.37. The van der Waals surface area contributed by atoms with Crippen LogP contribution < -0.4 is 9.64 Å². The highest BCUT2D eigenvalue weighted by Crippen LogP contribution is 2.32. The van der Waals surface area contributed by atoms with Crippen molar-refractivity contribution in [2.75, 3.05) is 16.7 Å². The van der Waals surface area contributed by atoms with E-state index in [2.05, 4.69) is 57.8 Å². The van der Waals surface area contributed by atoms with E-state index in [9.17, 15) is 13.2 Å². The summed E-state index contributed by atoms with van der Waals surface area (Å²) in [6.07, 6.45) is -3.22. The molecular formula is C29H25F3N6OS. The van der Waals surface area contributed by atoms with Gasteiger partial charge in [-0.15, -0.1) is 18.3 Å². The molecule has 7 nitrogen and oxygen atoms in total. The van der Waals surface area contributed by atoms with Gasteiger partial charge in [-0.2, -0.15) is 0 Å². The van der Waals surface area contributed by atoms with Crippen LogP contribution in [0.4, 0.5) is 24.7 Å². The highest BCUT2D eigenvalue weighted by molar-refractivity contribution is 7.89. The van der Waals surface area contributed by atoms with Crippen LogP contribution in [0.1, 0.15) is 25.3 Å². The summed E-state index contributed by atoms with van der Waals surface area (Å²) < 4.78 is 47.5. The molecular weight excluding hydrogens is 537 g/mol. The Morgan fingerprint density at radius 2 is 1.73 bits per heavy atom. The van der Waals surface area contributed by atoms with Gasteiger partial charge in [-0.05, 0) is 72.1 Å². The average Bonchev–Trinajstić information content (AvgIpc) is 3.40. The Hall–Kier alpha value is -4.25. The van der Waals surface area contributed by atoms with E-state index in [1.54, 1.807) is 0 Å². The molecule has 204 valence electrons. The SMILES string of the molecule is CC(C)c1ccccc1N1CS(=Nc2ccc3cc(-c4ncn(-c5ccc(OC(F)(F)F)cc5)n4)ccc3n2)C1. The van der Waals surface area contributed by atoms with E-state index in [-0.39, 0.29) is 16.4 Å². The van der Waals surface area contributed by atoms with Crippen molar-refractivity contribution in [1.29, 1.82) is 0 Å². The van der Waals surface area contributed by atoms with Crippen LogP contribution in [0.3, 0.4) is 0 Å². The van der Waals surface area contributed by atoms with Gasteiger partial charge in [0, 0.05) is 16.6 Å². The Morgan fingerprint density at radius 3 is 2.48 bits per heavy atom. The lowest BCUT2D eigenvalue weighted by Crippen LogP contribution is -2.43. The Labute approximate surface area is 231 Å². The number of aromatic nitrogens is 4. The lowest BCUT2D eigenvalue weighted by Gasteiger charge is -2.37. The van der Waals surface area contributed by atoms with E-state index in [0.717, 1.165) is 34.0 Å². The third-order valence-electron chi connectivity index (χ3n) is 6.49. The molecule has 3 aromatic carbocycles. The van der Waals surface area contributed by atoms with Crippen LogP contribution in [0.2, 0.25) is 0 Å². The number of para-hydroxylation sites is 1. The van der Waals surface area contributed by atoms with Gasteiger partial charge in [0.25, 0.3) is 0 Å². The largest absolute Gasteiger partial charge is 0.573 e. The van der Waals surface area contributed by atoms with Crippen LogP contribution in [-0.4, -0.2) is 37.9 Å².